The first-order chi connectivity index (χ1) is 18.0. The second-order valence-electron chi connectivity index (χ2n) is 8.22. The van der Waals surface area contributed by atoms with Crippen LogP contribution in [0.1, 0.15) is 22.6 Å². The van der Waals surface area contributed by atoms with Gasteiger partial charge in [0.2, 0.25) is 0 Å². The van der Waals surface area contributed by atoms with E-state index in [1.54, 1.807) is 6.21 Å². The van der Waals surface area contributed by atoms with Crippen LogP contribution >= 0.6 is 0 Å². The van der Waals surface area contributed by atoms with Crippen molar-refractivity contribution in [2.75, 3.05) is 5.43 Å². The lowest BCUT2D eigenvalue weighted by atomic mass is 9.82. The van der Waals surface area contributed by atoms with E-state index < -0.39 is 15.5 Å². The molecule has 9 nitrogen and oxygen atoms in total. The molecule has 1 heterocycles. The molecule has 9 heteroatoms. The van der Waals surface area contributed by atoms with Gasteiger partial charge in [-0.3, -0.25) is 25.7 Å². The van der Waals surface area contributed by atoms with Crippen molar-refractivity contribution in [1.29, 1.82) is 0 Å². The van der Waals surface area contributed by atoms with Gasteiger partial charge in [0.25, 0.3) is 5.69 Å². The molecule has 0 saturated heterocycles. The Labute approximate surface area is 211 Å². The third-order valence-corrected chi connectivity index (χ3v) is 5.96. The molecule has 1 atom stereocenters. The molecule has 0 aromatic heterocycles. The first-order valence-corrected chi connectivity index (χ1v) is 11.4. The summed E-state index contributed by atoms with van der Waals surface area (Å²) >= 11 is 0. The van der Waals surface area contributed by atoms with Crippen molar-refractivity contribution in [3.05, 3.63) is 146 Å². The first-order valence-electron chi connectivity index (χ1n) is 11.4. The molecule has 4 aromatic rings. The van der Waals surface area contributed by atoms with Crippen molar-refractivity contribution in [2.24, 2.45) is 5.10 Å². The largest absolute Gasteiger partial charge is 0.456 e. The summed E-state index contributed by atoms with van der Waals surface area (Å²) in [6.07, 6.45) is 1.58. The van der Waals surface area contributed by atoms with Crippen molar-refractivity contribution in [3.63, 3.8) is 0 Å². The number of ether oxygens (including phenoxy) is 1. The molecule has 0 radical (unpaired) electrons. The fraction of sp³-hybridized carbons (Fsp3) is 0.0357. The van der Waals surface area contributed by atoms with E-state index >= 15 is 0 Å². The molecule has 0 bridgehead atoms. The topological polar surface area (TPSA) is 120 Å². The van der Waals surface area contributed by atoms with Crippen LogP contribution in [0, 0.1) is 20.2 Å². The number of rotatable bonds is 7. The molecule has 1 N–H and O–H groups in total. The molecule has 4 aromatic carbocycles. The van der Waals surface area contributed by atoms with Crippen molar-refractivity contribution in [1.82, 2.24) is 0 Å². The van der Waals surface area contributed by atoms with Gasteiger partial charge in [-0.2, -0.15) is 5.10 Å². The van der Waals surface area contributed by atoms with Crippen molar-refractivity contribution in [3.8, 4) is 5.75 Å². The van der Waals surface area contributed by atoms with Gasteiger partial charge in [-0.05, 0) is 17.7 Å². The lowest BCUT2D eigenvalue weighted by molar-refractivity contribution is -0.393. The lowest BCUT2D eigenvalue weighted by Crippen LogP contribution is -2.17. The van der Waals surface area contributed by atoms with Crippen LogP contribution in [-0.2, 0) is 0 Å². The summed E-state index contributed by atoms with van der Waals surface area (Å²) in [5, 5.41) is 26.9. The van der Waals surface area contributed by atoms with Gasteiger partial charge < -0.3 is 4.74 Å². The highest BCUT2D eigenvalue weighted by Crippen LogP contribution is 2.45. The number of nitrogens with zero attached hydrogens (tertiary/aromatic N) is 3. The Bertz CT molecular complexity index is 1530. The van der Waals surface area contributed by atoms with Gasteiger partial charge in [-0.25, -0.2) is 0 Å². The Morgan fingerprint density at radius 1 is 0.811 bits per heavy atom. The molecule has 0 saturated carbocycles. The number of hydrazone groups is 1. The average Bonchev–Trinajstić information content (AvgIpc) is 2.93. The van der Waals surface area contributed by atoms with Crippen LogP contribution in [0.5, 0.6) is 5.75 Å². The van der Waals surface area contributed by atoms with Gasteiger partial charge in [-0.1, -0.05) is 78.9 Å². The summed E-state index contributed by atoms with van der Waals surface area (Å²) < 4.78 is 6.37. The maximum atomic E-state index is 11.5. The van der Waals surface area contributed by atoms with Crippen molar-refractivity contribution in [2.45, 2.75) is 5.92 Å². The maximum absolute atomic E-state index is 11.5. The highest BCUT2D eigenvalue weighted by atomic mass is 16.6. The van der Waals surface area contributed by atoms with Crippen LogP contribution in [0.3, 0.4) is 0 Å². The minimum absolute atomic E-state index is 0.0297. The second kappa shape index (κ2) is 10.1. The molecule has 1 aliphatic heterocycles. The number of fused-ring (bicyclic) bond motifs is 1. The predicted molar refractivity (Wildman–Crippen MR) is 141 cm³/mol. The molecule has 37 heavy (non-hydrogen) atoms. The first kappa shape index (κ1) is 23.4. The zero-order valence-corrected chi connectivity index (χ0v) is 19.4. The monoisotopic (exact) mass is 492 g/mol. The van der Waals surface area contributed by atoms with Crippen LogP contribution < -0.4 is 10.2 Å². The van der Waals surface area contributed by atoms with E-state index in [-0.39, 0.29) is 17.3 Å². The minimum atomic E-state index is -0.688. The van der Waals surface area contributed by atoms with Gasteiger partial charge in [-0.15, -0.1) is 0 Å². The van der Waals surface area contributed by atoms with E-state index in [1.807, 2.05) is 84.9 Å². The summed E-state index contributed by atoms with van der Waals surface area (Å²) in [4.78, 5) is 21.2. The zero-order chi connectivity index (χ0) is 25.8. The number of nitrogens with one attached hydrogen (secondary N) is 1. The summed E-state index contributed by atoms with van der Waals surface area (Å²) in [7, 11) is 0. The van der Waals surface area contributed by atoms with Crippen molar-refractivity contribution >= 4 is 29.0 Å². The molecule has 0 fully saturated rings. The molecule has 1 aliphatic rings. The molecule has 0 spiro atoms. The van der Waals surface area contributed by atoms with Crippen LogP contribution in [0.15, 0.2) is 114 Å². The highest BCUT2D eigenvalue weighted by Gasteiger charge is 2.31. The van der Waals surface area contributed by atoms with E-state index in [1.165, 1.54) is 12.1 Å². The number of allylic oxidation sites excluding steroid dienone is 1. The quantitative estimate of drug-likeness (QED) is 0.178. The molecule has 1 unspecified atom stereocenters. The molecule has 5 rings (SSSR count). The highest BCUT2D eigenvalue weighted by molar-refractivity contribution is 5.94. The van der Waals surface area contributed by atoms with Crippen molar-refractivity contribution < 1.29 is 14.6 Å². The normalized spacial score (nSPS) is 14.6. The van der Waals surface area contributed by atoms with Gasteiger partial charge >= 0.3 is 5.69 Å². The average molecular weight is 492 g/mol. The lowest BCUT2D eigenvalue weighted by Gasteiger charge is -2.29. The van der Waals surface area contributed by atoms with Gasteiger partial charge in [0, 0.05) is 28.7 Å². The van der Waals surface area contributed by atoms with Gasteiger partial charge in [0.15, 0.2) is 0 Å². The fourth-order valence-corrected chi connectivity index (χ4v) is 4.28. The number of para-hydroxylation sites is 1. The molecular formula is C28H20N4O5. The predicted octanol–water partition coefficient (Wildman–Crippen LogP) is 6.54. The third kappa shape index (κ3) is 4.78. The smallest absolute Gasteiger partial charge is 0.301 e. The van der Waals surface area contributed by atoms with E-state index in [4.69, 9.17) is 4.74 Å². The molecule has 0 aliphatic carbocycles. The summed E-state index contributed by atoms with van der Waals surface area (Å²) in [5.41, 5.74) is 5.46. The SMILES string of the molecule is O=[N+]([O-])c1ccc(N/N=C/C2=C(c3ccccc3)Oc3ccccc3C2c2ccccc2)c([N+](=O)[O-])c1. The Kier molecular flexibility index (Phi) is 6.41. The van der Waals surface area contributed by atoms with Crippen LogP contribution in [0.2, 0.25) is 0 Å². The van der Waals surface area contributed by atoms with Gasteiger partial charge in [0.05, 0.1) is 22.1 Å². The minimum Gasteiger partial charge on any atom is -0.456 e. The maximum Gasteiger partial charge on any atom is 0.301 e. The van der Waals surface area contributed by atoms with E-state index in [0.717, 1.165) is 34.1 Å². The van der Waals surface area contributed by atoms with Crippen LogP contribution in [0.4, 0.5) is 17.1 Å². The standard InChI is InChI=1S/C28H20N4O5/c33-31(34)21-15-16-24(25(17-21)32(35)36)30-29-18-23-27(19-9-3-1-4-10-19)22-13-7-8-14-26(22)37-28(23)20-11-5-2-6-12-20/h1-18,27,30H/b29-18+. The number of benzene rings is 4. The number of non-ortho nitro benzene ring substituents is 1. The Morgan fingerprint density at radius 2 is 1.49 bits per heavy atom. The Hall–Kier alpha value is -5.31. The van der Waals surface area contributed by atoms with Crippen LogP contribution in [0.25, 0.3) is 5.76 Å². The van der Waals surface area contributed by atoms with Gasteiger partial charge in [0.1, 0.15) is 17.2 Å². The third-order valence-electron chi connectivity index (χ3n) is 5.96. The summed E-state index contributed by atoms with van der Waals surface area (Å²) in [6, 6.07) is 30.7. The number of anilines is 1. The summed E-state index contributed by atoms with van der Waals surface area (Å²) in [6.45, 7) is 0. The molecule has 182 valence electrons. The van der Waals surface area contributed by atoms with E-state index in [9.17, 15) is 20.2 Å². The molecular weight excluding hydrogens is 472 g/mol. The molecule has 0 amide bonds. The van der Waals surface area contributed by atoms with E-state index in [2.05, 4.69) is 10.5 Å². The van der Waals surface area contributed by atoms with E-state index in [0.29, 0.717) is 5.76 Å². The fourth-order valence-electron chi connectivity index (χ4n) is 4.28. The number of hydrogen-bond donors (Lipinski definition) is 1. The summed E-state index contributed by atoms with van der Waals surface area (Å²) in [5.74, 6) is 1.11. The Balaban J connectivity index is 1.61. The van der Waals surface area contributed by atoms with Crippen LogP contribution in [-0.4, -0.2) is 16.1 Å². The zero-order valence-electron chi connectivity index (χ0n) is 19.4. The number of nitro groups is 2. The second-order valence-corrected chi connectivity index (χ2v) is 8.22. The Morgan fingerprint density at radius 3 is 2.19 bits per heavy atom. The number of nitro benzene ring substituents is 2. The number of hydrogen-bond acceptors (Lipinski definition) is 7.